The van der Waals surface area contributed by atoms with E-state index in [2.05, 4.69) is 6.07 Å². The molecule has 1 saturated carbocycles. The highest BCUT2D eigenvalue weighted by Gasteiger charge is 2.25. The van der Waals surface area contributed by atoms with Crippen molar-refractivity contribution in [3.63, 3.8) is 0 Å². The van der Waals surface area contributed by atoms with Crippen LogP contribution in [0.5, 0.6) is 5.75 Å². The first-order valence-electron chi connectivity index (χ1n) is 6.79. The summed E-state index contributed by atoms with van der Waals surface area (Å²) in [5.74, 6) is 1.89. The Morgan fingerprint density at radius 2 is 2.06 bits per heavy atom. The molecule has 1 aromatic carbocycles. The van der Waals surface area contributed by atoms with Gasteiger partial charge in [0.2, 0.25) is 0 Å². The standard InChI is InChI=1S/C15H22ClNO/c1-18-12-7-8-13(15(16)9-12)14(10-17)11-5-3-2-4-6-11/h7-9,11,14H,2-6,10,17H2,1H3. The van der Waals surface area contributed by atoms with Gasteiger partial charge in [-0.25, -0.2) is 0 Å². The van der Waals surface area contributed by atoms with Gasteiger partial charge in [-0.1, -0.05) is 36.9 Å². The van der Waals surface area contributed by atoms with Gasteiger partial charge in [0, 0.05) is 10.9 Å². The Morgan fingerprint density at radius 1 is 1.33 bits per heavy atom. The lowest BCUT2D eigenvalue weighted by Crippen LogP contribution is -2.23. The van der Waals surface area contributed by atoms with Crippen LogP contribution in [0, 0.1) is 5.92 Å². The van der Waals surface area contributed by atoms with Crippen molar-refractivity contribution in [2.45, 2.75) is 38.0 Å². The van der Waals surface area contributed by atoms with Crippen molar-refractivity contribution >= 4 is 11.6 Å². The molecule has 100 valence electrons. The average molecular weight is 268 g/mol. The summed E-state index contributed by atoms with van der Waals surface area (Å²) in [6.07, 6.45) is 6.59. The van der Waals surface area contributed by atoms with Gasteiger partial charge in [0.15, 0.2) is 0 Å². The molecule has 0 amide bonds. The van der Waals surface area contributed by atoms with Gasteiger partial charge in [-0.3, -0.25) is 0 Å². The molecule has 0 radical (unpaired) electrons. The summed E-state index contributed by atoms with van der Waals surface area (Å²) in [6, 6.07) is 5.95. The van der Waals surface area contributed by atoms with E-state index in [1.165, 1.54) is 37.7 Å². The third kappa shape index (κ3) is 2.99. The number of rotatable bonds is 4. The van der Waals surface area contributed by atoms with E-state index in [1.807, 2.05) is 12.1 Å². The number of halogens is 1. The zero-order valence-electron chi connectivity index (χ0n) is 11.0. The summed E-state index contributed by atoms with van der Waals surface area (Å²) in [6.45, 7) is 0.677. The van der Waals surface area contributed by atoms with Gasteiger partial charge in [0.05, 0.1) is 7.11 Å². The molecule has 0 aliphatic heterocycles. The molecule has 1 fully saturated rings. The Kier molecular flexibility index (Phi) is 4.90. The molecule has 0 saturated heterocycles. The van der Waals surface area contributed by atoms with Crippen LogP contribution in [0.2, 0.25) is 5.02 Å². The van der Waals surface area contributed by atoms with Crippen molar-refractivity contribution in [3.05, 3.63) is 28.8 Å². The van der Waals surface area contributed by atoms with Crippen molar-refractivity contribution in [3.8, 4) is 5.75 Å². The third-order valence-corrected chi connectivity index (χ3v) is 4.41. The molecular formula is C15H22ClNO. The lowest BCUT2D eigenvalue weighted by molar-refractivity contribution is 0.307. The molecule has 2 nitrogen and oxygen atoms in total. The fourth-order valence-electron chi connectivity index (χ4n) is 3.05. The molecule has 0 bridgehead atoms. The van der Waals surface area contributed by atoms with Crippen LogP contribution in [-0.4, -0.2) is 13.7 Å². The van der Waals surface area contributed by atoms with E-state index < -0.39 is 0 Å². The molecule has 3 heteroatoms. The van der Waals surface area contributed by atoms with Gasteiger partial charge in [-0.05, 0) is 43.0 Å². The van der Waals surface area contributed by atoms with Gasteiger partial charge in [0.1, 0.15) is 5.75 Å². The molecular weight excluding hydrogens is 246 g/mol. The SMILES string of the molecule is COc1ccc(C(CN)C2CCCCC2)c(Cl)c1. The number of hydrogen-bond acceptors (Lipinski definition) is 2. The summed E-state index contributed by atoms with van der Waals surface area (Å²) in [7, 11) is 1.66. The first-order chi connectivity index (χ1) is 8.76. The number of methoxy groups -OCH3 is 1. The van der Waals surface area contributed by atoms with E-state index in [1.54, 1.807) is 7.11 Å². The average Bonchev–Trinajstić information content (AvgIpc) is 2.42. The summed E-state index contributed by atoms with van der Waals surface area (Å²) in [5, 5.41) is 0.787. The molecule has 2 rings (SSSR count). The van der Waals surface area contributed by atoms with Crippen LogP contribution < -0.4 is 10.5 Å². The number of hydrogen-bond donors (Lipinski definition) is 1. The van der Waals surface area contributed by atoms with Gasteiger partial charge in [-0.15, -0.1) is 0 Å². The van der Waals surface area contributed by atoms with E-state index >= 15 is 0 Å². The van der Waals surface area contributed by atoms with Crippen molar-refractivity contribution in [2.75, 3.05) is 13.7 Å². The summed E-state index contributed by atoms with van der Waals surface area (Å²) >= 11 is 6.37. The lowest BCUT2D eigenvalue weighted by Gasteiger charge is -2.30. The third-order valence-electron chi connectivity index (χ3n) is 4.08. The first-order valence-corrected chi connectivity index (χ1v) is 7.17. The zero-order chi connectivity index (χ0) is 13.0. The predicted molar refractivity (Wildman–Crippen MR) is 76.4 cm³/mol. The minimum absolute atomic E-state index is 0.392. The normalized spacial score (nSPS) is 18.6. The fraction of sp³-hybridized carbons (Fsp3) is 0.600. The minimum atomic E-state index is 0.392. The Labute approximate surface area is 114 Å². The maximum Gasteiger partial charge on any atom is 0.120 e. The number of ether oxygens (including phenoxy) is 1. The second-order valence-corrected chi connectivity index (χ2v) is 5.53. The van der Waals surface area contributed by atoms with Crippen LogP contribution in [0.1, 0.15) is 43.6 Å². The molecule has 1 aliphatic carbocycles. The largest absolute Gasteiger partial charge is 0.497 e. The molecule has 0 spiro atoms. The molecule has 0 heterocycles. The number of nitrogens with two attached hydrogens (primary N) is 1. The van der Waals surface area contributed by atoms with Gasteiger partial charge >= 0.3 is 0 Å². The molecule has 1 aliphatic rings. The van der Waals surface area contributed by atoms with E-state index in [4.69, 9.17) is 22.1 Å². The van der Waals surface area contributed by atoms with Gasteiger partial charge < -0.3 is 10.5 Å². The van der Waals surface area contributed by atoms with Crippen LogP contribution in [0.3, 0.4) is 0 Å². The van der Waals surface area contributed by atoms with Crippen molar-refractivity contribution in [1.29, 1.82) is 0 Å². The van der Waals surface area contributed by atoms with Crippen LogP contribution in [-0.2, 0) is 0 Å². The van der Waals surface area contributed by atoms with E-state index in [0.717, 1.165) is 10.8 Å². The van der Waals surface area contributed by atoms with Crippen molar-refractivity contribution in [2.24, 2.45) is 11.7 Å². The monoisotopic (exact) mass is 267 g/mol. The second kappa shape index (κ2) is 6.44. The highest BCUT2D eigenvalue weighted by atomic mass is 35.5. The highest BCUT2D eigenvalue weighted by molar-refractivity contribution is 6.31. The maximum absolute atomic E-state index is 6.37. The van der Waals surface area contributed by atoms with Gasteiger partial charge in [-0.2, -0.15) is 0 Å². The maximum atomic E-state index is 6.37. The van der Waals surface area contributed by atoms with Crippen LogP contribution >= 0.6 is 11.6 Å². The molecule has 1 unspecified atom stereocenters. The second-order valence-electron chi connectivity index (χ2n) is 5.13. The zero-order valence-corrected chi connectivity index (χ0v) is 11.7. The summed E-state index contributed by atoms with van der Waals surface area (Å²) in [5.41, 5.74) is 7.17. The van der Waals surface area contributed by atoms with E-state index in [-0.39, 0.29) is 0 Å². The Balaban J connectivity index is 2.20. The molecule has 18 heavy (non-hydrogen) atoms. The molecule has 0 aromatic heterocycles. The molecule has 2 N–H and O–H groups in total. The lowest BCUT2D eigenvalue weighted by atomic mass is 9.77. The Bertz CT molecular complexity index is 388. The first kappa shape index (κ1) is 13.7. The highest BCUT2D eigenvalue weighted by Crippen LogP contribution is 2.38. The van der Waals surface area contributed by atoms with Crippen molar-refractivity contribution in [1.82, 2.24) is 0 Å². The number of benzene rings is 1. The molecule has 1 atom stereocenters. The Hall–Kier alpha value is -0.730. The van der Waals surface area contributed by atoms with Crippen LogP contribution in [0.15, 0.2) is 18.2 Å². The summed E-state index contributed by atoms with van der Waals surface area (Å²) in [4.78, 5) is 0. The fourth-order valence-corrected chi connectivity index (χ4v) is 3.36. The quantitative estimate of drug-likeness (QED) is 0.896. The van der Waals surface area contributed by atoms with E-state index in [9.17, 15) is 0 Å². The minimum Gasteiger partial charge on any atom is -0.497 e. The Morgan fingerprint density at radius 3 is 2.61 bits per heavy atom. The van der Waals surface area contributed by atoms with Gasteiger partial charge in [0.25, 0.3) is 0 Å². The van der Waals surface area contributed by atoms with Crippen LogP contribution in [0.25, 0.3) is 0 Å². The molecule has 1 aromatic rings. The van der Waals surface area contributed by atoms with Crippen molar-refractivity contribution < 1.29 is 4.74 Å². The smallest absolute Gasteiger partial charge is 0.120 e. The predicted octanol–water partition coefficient (Wildman–Crippen LogP) is 3.97. The van der Waals surface area contributed by atoms with Crippen LogP contribution in [0.4, 0.5) is 0 Å². The van der Waals surface area contributed by atoms with E-state index in [0.29, 0.717) is 18.4 Å². The summed E-state index contributed by atoms with van der Waals surface area (Å²) < 4.78 is 5.19. The topological polar surface area (TPSA) is 35.2 Å².